The molecule has 0 unspecified atom stereocenters. The minimum Gasteiger partial charge on any atom is -0.311 e. The molecule has 0 aromatic rings. The molecule has 2 N–H and O–H groups in total. The Kier molecular flexibility index (Phi) is 1.61. The van der Waals surface area contributed by atoms with E-state index >= 15 is 0 Å². The predicted octanol–water partition coefficient (Wildman–Crippen LogP) is -0.316. The maximum atomic E-state index is 3.37. The van der Waals surface area contributed by atoms with Gasteiger partial charge in [0.05, 0.1) is 0 Å². The summed E-state index contributed by atoms with van der Waals surface area (Å²) >= 11 is 0. The molecule has 1 fully saturated rings. The van der Waals surface area contributed by atoms with E-state index < -0.39 is 0 Å². The van der Waals surface area contributed by atoms with Crippen molar-refractivity contribution in [3.05, 3.63) is 11.8 Å². The summed E-state index contributed by atoms with van der Waals surface area (Å²) in [4.78, 5) is 0. The van der Waals surface area contributed by atoms with E-state index in [2.05, 4.69) is 21.8 Å². The second-order valence-corrected chi connectivity index (χ2v) is 2.74. The second kappa shape index (κ2) is 2.60. The van der Waals surface area contributed by atoms with Crippen molar-refractivity contribution in [1.82, 2.24) is 15.8 Å². The molecule has 2 heterocycles. The Labute approximate surface area is 61.1 Å². The van der Waals surface area contributed by atoms with Crippen LogP contribution in [0.15, 0.2) is 11.8 Å². The summed E-state index contributed by atoms with van der Waals surface area (Å²) in [5.74, 6) is 0. The average molecular weight is 139 g/mol. The molecule has 1 saturated heterocycles. The van der Waals surface area contributed by atoms with Crippen LogP contribution >= 0.6 is 0 Å². The second-order valence-electron chi connectivity index (χ2n) is 2.74. The summed E-state index contributed by atoms with van der Waals surface area (Å²) in [5.41, 5.74) is 4.71. The summed E-state index contributed by atoms with van der Waals surface area (Å²) in [5, 5.41) is 5.62. The number of rotatable bonds is 0. The van der Waals surface area contributed by atoms with Crippen molar-refractivity contribution < 1.29 is 0 Å². The largest absolute Gasteiger partial charge is 0.311 e. The number of nitrogens with zero attached hydrogens (tertiary/aromatic N) is 1. The van der Waals surface area contributed by atoms with Crippen molar-refractivity contribution in [3.8, 4) is 0 Å². The van der Waals surface area contributed by atoms with Crippen molar-refractivity contribution in [1.29, 1.82) is 0 Å². The van der Waals surface area contributed by atoms with Crippen LogP contribution in [0.25, 0.3) is 0 Å². The molecular formula is C7H13N3. The lowest BCUT2D eigenvalue weighted by molar-refractivity contribution is 0.287. The molecule has 0 amide bonds. The zero-order valence-electron chi connectivity index (χ0n) is 6.06. The van der Waals surface area contributed by atoms with Crippen LogP contribution in [-0.4, -0.2) is 31.2 Å². The van der Waals surface area contributed by atoms with Crippen LogP contribution in [-0.2, 0) is 0 Å². The number of fused-ring (bicyclic) bond motifs is 1. The highest BCUT2D eigenvalue weighted by molar-refractivity contribution is 5.08. The lowest BCUT2D eigenvalue weighted by Gasteiger charge is -2.18. The van der Waals surface area contributed by atoms with E-state index in [4.69, 9.17) is 0 Å². The first-order chi connectivity index (χ1) is 4.97. The zero-order chi connectivity index (χ0) is 6.81. The smallest absolute Gasteiger partial charge is 0.0405 e. The third kappa shape index (κ3) is 1.02. The van der Waals surface area contributed by atoms with E-state index in [9.17, 15) is 0 Å². The molecule has 0 radical (unpaired) electrons. The van der Waals surface area contributed by atoms with E-state index in [1.165, 1.54) is 12.1 Å². The fraction of sp³-hybridized carbons (Fsp3) is 0.714. The molecule has 2 rings (SSSR count). The standard InChI is InChI=1S/C7H13N3/c1-3-8-6-7-2-4-9-10(7)5-1/h2,8-9H,1,3-6H2. The summed E-state index contributed by atoms with van der Waals surface area (Å²) in [6, 6.07) is 0. The molecule has 0 aliphatic carbocycles. The fourth-order valence-corrected chi connectivity index (χ4v) is 1.45. The van der Waals surface area contributed by atoms with Gasteiger partial charge >= 0.3 is 0 Å². The van der Waals surface area contributed by atoms with Gasteiger partial charge in [0.15, 0.2) is 0 Å². The Morgan fingerprint density at radius 1 is 1.50 bits per heavy atom. The third-order valence-corrected chi connectivity index (χ3v) is 2.01. The Bertz CT molecular complexity index is 153. The number of hydrogen-bond acceptors (Lipinski definition) is 3. The van der Waals surface area contributed by atoms with Gasteiger partial charge in [-0.3, -0.25) is 0 Å². The Hall–Kier alpha value is -0.540. The van der Waals surface area contributed by atoms with Crippen molar-refractivity contribution in [2.45, 2.75) is 6.42 Å². The molecule has 10 heavy (non-hydrogen) atoms. The summed E-state index contributed by atoms with van der Waals surface area (Å²) in [7, 11) is 0. The minimum atomic E-state index is 1.01. The zero-order valence-corrected chi connectivity index (χ0v) is 6.06. The van der Waals surface area contributed by atoms with E-state index in [1.807, 2.05) is 0 Å². The van der Waals surface area contributed by atoms with E-state index in [0.717, 1.165) is 26.2 Å². The van der Waals surface area contributed by atoms with E-state index in [-0.39, 0.29) is 0 Å². The maximum Gasteiger partial charge on any atom is 0.0405 e. The molecule has 0 atom stereocenters. The van der Waals surface area contributed by atoms with E-state index in [0.29, 0.717) is 0 Å². The van der Waals surface area contributed by atoms with Gasteiger partial charge in [0.2, 0.25) is 0 Å². The Balaban J connectivity index is 2.06. The van der Waals surface area contributed by atoms with Gasteiger partial charge < -0.3 is 10.3 Å². The molecule has 0 aromatic carbocycles. The molecule has 56 valence electrons. The number of hydrogen-bond donors (Lipinski definition) is 2. The van der Waals surface area contributed by atoms with Crippen molar-refractivity contribution in [3.63, 3.8) is 0 Å². The molecular weight excluding hydrogens is 126 g/mol. The highest BCUT2D eigenvalue weighted by Crippen LogP contribution is 2.08. The minimum absolute atomic E-state index is 1.01. The van der Waals surface area contributed by atoms with Gasteiger partial charge in [-0.2, -0.15) is 0 Å². The molecule has 2 aliphatic rings. The lowest BCUT2D eigenvalue weighted by atomic mass is 10.4. The van der Waals surface area contributed by atoms with Crippen LogP contribution < -0.4 is 10.7 Å². The summed E-state index contributed by atoms with van der Waals surface area (Å²) in [6.45, 7) is 4.35. The number of nitrogens with one attached hydrogen (secondary N) is 2. The summed E-state index contributed by atoms with van der Waals surface area (Å²) in [6.07, 6.45) is 3.49. The van der Waals surface area contributed by atoms with Crippen LogP contribution in [0, 0.1) is 0 Å². The van der Waals surface area contributed by atoms with Gasteiger partial charge in [0, 0.05) is 25.3 Å². The van der Waals surface area contributed by atoms with Gasteiger partial charge in [-0.25, -0.2) is 5.43 Å². The molecule has 0 aromatic heterocycles. The Morgan fingerprint density at radius 2 is 2.50 bits per heavy atom. The normalized spacial score (nSPS) is 25.6. The predicted molar refractivity (Wildman–Crippen MR) is 40.3 cm³/mol. The van der Waals surface area contributed by atoms with Crippen LogP contribution in [0.4, 0.5) is 0 Å². The fourth-order valence-electron chi connectivity index (χ4n) is 1.45. The lowest BCUT2D eigenvalue weighted by Crippen LogP contribution is -2.32. The third-order valence-electron chi connectivity index (χ3n) is 2.01. The Morgan fingerprint density at radius 3 is 3.50 bits per heavy atom. The summed E-state index contributed by atoms with van der Waals surface area (Å²) < 4.78 is 0. The SMILES string of the molecule is C1=C2CNCCCN2NC1. The maximum absolute atomic E-state index is 3.37. The van der Waals surface area contributed by atoms with Crippen LogP contribution in [0.2, 0.25) is 0 Å². The first kappa shape index (κ1) is 6.19. The quantitative estimate of drug-likeness (QED) is 0.482. The van der Waals surface area contributed by atoms with Crippen molar-refractivity contribution >= 4 is 0 Å². The van der Waals surface area contributed by atoms with Gasteiger partial charge in [-0.05, 0) is 19.0 Å². The van der Waals surface area contributed by atoms with Crippen LogP contribution in [0.3, 0.4) is 0 Å². The van der Waals surface area contributed by atoms with Crippen molar-refractivity contribution in [2.75, 3.05) is 26.2 Å². The monoisotopic (exact) mass is 139 g/mol. The topological polar surface area (TPSA) is 27.3 Å². The molecule has 2 aliphatic heterocycles. The van der Waals surface area contributed by atoms with Gasteiger partial charge in [0.25, 0.3) is 0 Å². The first-order valence-corrected chi connectivity index (χ1v) is 3.87. The van der Waals surface area contributed by atoms with E-state index in [1.54, 1.807) is 0 Å². The molecule has 0 bridgehead atoms. The van der Waals surface area contributed by atoms with Gasteiger partial charge in [-0.15, -0.1) is 0 Å². The van der Waals surface area contributed by atoms with Gasteiger partial charge in [0.1, 0.15) is 0 Å². The van der Waals surface area contributed by atoms with Crippen LogP contribution in [0.1, 0.15) is 6.42 Å². The van der Waals surface area contributed by atoms with Crippen LogP contribution in [0.5, 0.6) is 0 Å². The molecule has 3 nitrogen and oxygen atoms in total. The van der Waals surface area contributed by atoms with Gasteiger partial charge in [-0.1, -0.05) is 0 Å². The highest BCUT2D eigenvalue weighted by Gasteiger charge is 2.15. The molecule has 3 heteroatoms. The van der Waals surface area contributed by atoms with Crippen molar-refractivity contribution in [2.24, 2.45) is 0 Å². The average Bonchev–Trinajstić information content (AvgIpc) is 2.28. The first-order valence-electron chi connectivity index (χ1n) is 3.87. The number of hydrazine groups is 1. The highest BCUT2D eigenvalue weighted by atomic mass is 15.5. The molecule has 0 saturated carbocycles. The molecule has 0 spiro atoms.